The second-order valence-electron chi connectivity index (χ2n) is 5.40. The van der Waals surface area contributed by atoms with E-state index in [1.54, 1.807) is 6.92 Å². The second-order valence-corrected chi connectivity index (χ2v) is 7.08. The van der Waals surface area contributed by atoms with E-state index < -0.39 is 10.0 Å². The highest BCUT2D eigenvalue weighted by Crippen LogP contribution is 2.20. The van der Waals surface area contributed by atoms with Crippen molar-refractivity contribution in [3.63, 3.8) is 0 Å². The molecule has 1 aromatic carbocycles. The molecular formula is C16H14N6O3S. The van der Waals surface area contributed by atoms with Crippen LogP contribution in [0.25, 0.3) is 5.65 Å². The van der Waals surface area contributed by atoms with E-state index in [0.717, 1.165) is 0 Å². The van der Waals surface area contributed by atoms with Crippen LogP contribution in [0.5, 0.6) is 0 Å². The van der Waals surface area contributed by atoms with Crippen molar-refractivity contribution in [3.05, 3.63) is 53.3 Å². The number of fused-ring (bicyclic) bond motifs is 1. The van der Waals surface area contributed by atoms with Crippen molar-refractivity contribution in [2.75, 3.05) is 11.8 Å². The third-order valence-electron chi connectivity index (χ3n) is 3.61. The molecule has 0 radical (unpaired) electrons. The summed E-state index contributed by atoms with van der Waals surface area (Å²) in [6, 6.07) is 8.98. The number of amides is 1. The van der Waals surface area contributed by atoms with E-state index in [1.807, 2.05) is 6.07 Å². The van der Waals surface area contributed by atoms with Crippen LogP contribution in [0.3, 0.4) is 0 Å². The zero-order valence-electron chi connectivity index (χ0n) is 13.9. The molecule has 1 amide bonds. The molecule has 3 rings (SSSR count). The molecule has 0 aliphatic carbocycles. The molecule has 0 bridgehead atoms. The molecule has 0 saturated carbocycles. The van der Waals surface area contributed by atoms with Crippen LogP contribution in [0.2, 0.25) is 0 Å². The van der Waals surface area contributed by atoms with Gasteiger partial charge in [-0.3, -0.25) is 9.52 Å². The highest BCUT2D eigenvalue weighted by Gasteiger charge is 2.18. The molecule has 9 nitrogen and oxygen atoms in total. The van der Waals surface area contributed by atoms with Crippen LogP contribution in [0.15, 0.2) is 41.4 Å². The summed E-state index contributed by atoms with van der Waals surface area (Å²) in [6.45, 7) is 1.68. The standard InChI is InChI=1S/C16H14N6O3S/c1-10-7-14(22-15(20-10)12(8-17)9-19-22)21-26(24,25)13-5-3-11(4-6-13)16(23)18-2/h3-7,9,21H,1-2H3,(H,18,23). The number of aromatic nitrogens is 3. The monoisotopic (exact) mass is 370 g/mol. The van der Waals surface area contributed by atoms with Gasteiger partial charge in [0.1, 0.15) is 17.5 Å². The smallest absolute Gasteiger partial charge is 0.263 e. The number of benzene rings is 1. The van der Waals surface area contributed by atoms with E-state index in [2.05, 4.69) is 20.1 Å². The lowest BCUT2D eigenvalue weighted by molar-refractivity contribution is 0.0963. The van der Waals surface area contributed by atoms with Gasteiger partial charge in [0.2, 0.25) is 0 Å². The maximum absolute atomic E-state index is 12.6. The Morgan fingerprint density at radius 1 is 1.27 bits per heavy atom. The summed E-state index contributed by atoms with van der Waals surface area (Å²) < 4.78 is 29.0. The van der Waals surface area contributed by atoms with Crippen LogP contribution in [0.4, 0.5) is 5.82 Å². The maximum atomic E-state index is 12.6. The van der Waals surface area contributed by atoms with E-state index >= 15 is 0 Å². The highest BCUT2D eigenvalue weighted by atomic mass is 32.2. The Morgan fingerprint density at radius 2 is 1.96 bits per heavy atom. The fourth-order valence-corrected chi connectivity index (χ4v) is 3.40. The number of hydrogen-bond donors (Lipinski definition) is 2. The van der Waals surface area contributed by atoms with Crippen LogP contribution < -0.4 is 10.0 Å². The van der Waals surface area contributed by atoms with Gasteiger partial charge in [0.05, 0.1) is 11.1 Å². The quantitative estimate of drug-likeness (QED) is 0.707. The fraction of sp³-hybridized carbons (Fsp3) is 0.125. The predicted molar refractivity (Wildman–Crippen MR) is 93.1 cm³/mol. The van der Waals surface area contributed by atoms with Gasteiger partial charge < -0.3 is 5.32 Å². The van der Waals surface area contributed by atoms with Crippen LogP contribution in [0.1, 0.15) is 21.6 Å². The summed E-state index contributed by atoms with van der Waals surface area (Å²) in [4.78, 5) is 15.8. The van der Waals surface area contributed by atoms with E-state index in [9.17, 15) is 13.2 Å². The number of anilines is 1. The van der Waals surface area contributed by atoms with Crippen molar-refractivity contribution >= 4 is 27.4 Å². The van der Waals surface area contributed by atoms with Gasteiger partial charge in [-0.1, -0.05) is 0 Å². The van der Waals surface area contributed by atoms with Crippen molar-refractivity contribution in [3.8, 4) is 6.07 Å². The van der Waals surface area contributed by atoms with Crippen LogP contribution >= 0.6 is 0 Å². The number of rotatable bonds is 4. The van der Waals surface area contributed by atoms with Crippen molar-refractivity contribution in [1.29, 1.82) is 5.26 Å². The number of nitriles is 1. The Bertz CT molecular complexity index is 1140. The highest BCUT2D eigenvalue weighted by molar-refractivity contribution is 7.92. The molecule has 0 fully saturated rings. The van der Waals surface area contributed by atoms with Gasteiger partial charge in [0.15, 0.2) is 5.65 Å². The van der Waals surface area contributed by atoms with Gasteiger partial charge in [-0.15, -0.1) is 0 Å². The van der Waals surface area contributed by atoms with Crippen LogP contribution in [-0.2, 0) is 10.0 Å². The third kappa shape index (κ3) is 3.07. The van der Waals surface area contributed by atoms with Crippen LogP contribution in [-0.4, -0.2) is 36.0 Å². The fourth-order valence-electron chi connectivity index (χ4n) is 2.36. The average Bonchev–Trinajstić information content (AvgIpc) is 3.03. The third-order valence-corrected chi connectivity index (χ3v) is 4.98. The number of sulfonamides is 1. The molecule has 0 spiro atoms. The minimum atomic E-state index is -3.92. The van der Waals surface area contributed by atoms with Crippen molar-refractivity contribution in [1.82, 2.24) is 19.9 Å². The van der Waals surface area contributed by atoms with E-state index in [-0.39, 0.29) is 27.8 Å². The summed E-state index contributed by atoms with van der Waals surface area (Å²) in [5.41, 5.74) is 1.38. The first-order valence-electron chi connectivity index (χ1n) is 7.46. The van der Waals surface area contributed by atoms with E-state index in [0.29, 0.717) is 11.3 Å². The van der Waals surface area contributed by atoms with Gasteiger partial charge >= 0.3 is 0 Å². The molecule has 2 N–H and O–H groups in total. The molecule has 0 aliphatic rings. The average molecular weight is 370 g/mol. The van der Waals surface area contributed by atoms with Gasteiger partial charge in [-0.05, 0) is 31.2 Å². The minimum Gasteiger partial charge on any atom is -0.355 e. The normalized spacial score (nSPS) is 11.1. The molecule has 2 aromatic heterocycles. The van der Waals surface area contributed by atoms with Gasteiger partial charge in [-0.2, -0.15) is 14.9 Å². The Kier molecular flexibility index (Phi) is 4.31. The van der Waals surface area contributed by atoms with E-state index in [4.69, 9.17) is 5.26 Å². The first-order valence-corrected chi connectivity index (χ1v) is 8.94. The number of carbonyl (C=O) groups is 1. The van der Waals surface area contributed by atoms with Crippen molar-refractivity contribution < 1.29 is 13.2 Å². The molecule has 0 unspecified atom stereocenters. The number of nitrogens with one attached hydrogen (secondary N) is 2. The molecular weight excluding hydrogens is 356 g/mol. The summed E-state index contributed by atoms with van der Waals surface area (Å²) in [5.74, 6) is -0.154. The zero-order valence-corrected chi connectivity index (χ0v) is 14.7. The lowest BCUT2D eigenvalue weighted by Crippen LogP contribution is -2.19. The largest absolute Gasteiger partial charge is 0.355 e. The summed E-state index contributed by atoms with van der Waals surface area (Å²) in [7, 11) is -2.43. The lowest BCUT2D eigenvalue weighted by Gasteiger charge is -2.10. The number of hydrogen-bond acceptors (Lipinski definition) is 6. The van der Waals surface area contributed by atoms with Gasteiger partial charge in [0, 0.05) is 24.4 Å². The Balaban J connectivity index is 2.00. The van der Waals surface area contributed by atoms with Crippen molar-refractivity contribution in [2.24, 2.45) is 0 Å². The minimum absolute atomic E-state index is 0.0135. The molecule has 26 heavy (non-hydrogen) atoms. The maximum Gasteiger partial charge on any atom is 0.263 e. The number of aryl methyl sites for hydroxylation is 1. The number of nitrogens with zero attached hydrogens (tertiary/aromatic N) is 4. The molecule has 0 atom stereocenters. The van der Waals surface area contributed by atoms with Gasteiger partial charge in [-0.25, -0.2) is 13.4 Å². The number of carbonyl (C=O) groups excluding carboxylic acids is 1. The van der Waals surface area contributed by atoms with Crippen molar-refractivity contribution in [2.45, 2.75) is 11.8 Å². The summed E-state index contributed by atoms with van der Waals surface area (Å²) in [5, 5.41) is 15.6. The summed E-state index contributed by atoms with van der Waals surface area (Å²) in [6.07, 6.45) is 1.32. The topological polar surface area (TPSA) is 129 Å². The molecule has 10 heteroatoms. The predicted octanol–water partition coefficient (Wildman–Crippen LogP) is 1.07. The Hall–Kier alpha value is -3.45. The molecule has 3 aromatic rings. The first kappa shape index (κ1) is 17.4. The van der Waals surface area contributed by atoms with E-state index in [1.165, 1.54) is 48.1 Å². The van der Waals surface area contributed by atoms with Gasteiger partial charge in [0.25, 0.3) is 15.9 Å². The lowest BCUT2D eigenvalue weighted by atomic mass is 10.2. The van der Waals surface area contributed by atoms with Crippen LogP contribution in [0, 0.1) is 18.3 Å². The SMILES string of the molecule is CNC(=O)c1ccc(S(=O)(=O)Nc2cc(C)nc3c(C#N)cnn23)cc1. The summed E-state index contributed by atoms with van der Waals surface area (Å²) >= 11 is 0. The molecule has 132 valence electrons. The molecule has 0 aliphatic heterocycles. The zero-order chi connectivity index (χ0) is 18.9. The Morgan fingerprint density at radius 3 is 2.58 bits per heavy atom. The second kappa shape index (κ2) is 6.45. The molecule has 0 saturated heterocycles. The first-order chi connectivity index (χ1) is 12.4. The Labute approximate surface area is 149 Å². The molecule has 2 heterocycles.